The van der Waals surface area contributed by atoms with E-state index in [9.17, 15) is 9.59 Å². The predicted molar refractivity (Wildman–Crippen MR) is 109 cm³/mol. The molecule has 1 fully saturated rings. The molecule has 0 unspecified atom stereocenters. The van der Waals surface area contributed by atoms with E-state index in [1.165, 1.54) is 23.3 Å². The highest BCUT2D eigenvalue weighted by atomic mass is 32.1. The lowest BCUT2D eigenvalue weighted by molar-refractivity contribution is -0.125. The van der Waals surface area contributed by atoms with E-state index in [0.29, 0.717) is 6.54 Å². The molecule has 4 rings (SSSR count). The van der Waals surface area contributed by atoms with Gasteiger partial charge in [-0.2, -0.15) is 0 Å². The summed E-state index contributed by atoms with van der Waals surface area (Å²) >= 11 is 1.63. The minimum atomic E-state index is -0.0284. The van der Waals surface area contributed by atoms with Gasteiger partial charge in [0.05, 0.1) is 11.4 Å². The third-order valence-corrected chi connectivity index (χ3v) is 7.02. The molecular formula is C22H28N2O3S. The number of hydrogen-bond acceptors (Lipinski definition) is 4. The van der Waals surface area contributed by atoms with Gasteiger partial charge < -0.3 is 14.6 Å². The second-order valence-electron chi connectivity index (χ2n) is 7.94. The van der Waals surface area contributed by atoms with Crippen LogP contribution in [0.5, 0.6) is 0 Å². The summed E-state index contributed by atoms with van der Waals surface area (Å²) in [5, 5.41) is 3.00. The van der Waals surface area contributed by atoms with Crippen LogP contribution in [0.1, 0.15) is 63.7 Å². The molecule has 0 spiro atoms. The molecule has 5 nitrogen and oxygen atoms in total. The molecule has 2 aromatic rings. The van der Waals surface area contributed by atoms with E-state index >= 15 is 0 Å². The Morgan fingerprint density at radius 3 is 2.71 bits per heavy atom. The maximum absolute atomic E-state index is 12.9. The van der Waals surface area contributed by atoms with Gasteiger partial charge in [0.15, 0.2) is 0 Å². The Labute approximate surface area is 170 Å². The molecule has 0 aromatic carbocycles. The van der Waals surface area contributed by atoms with Gasteiger partial charge in [-0.3, -0.25) is 9.59 Å². The summed E-state index contributed by atoms with van der Waals surface area (Å²) in [6.07, 6.45) is 7.10. The average Bonchev–Trinajstić information content (AvgIpc) is 3.21. The number of likely N-dealkylation sites (tertiary alicyclic amines) is 1. The number of carbonyl (C=O) groups excluding carboxylic acids is 2. The summed E-state index contributed by atoms with van der Waals surface area (Å²) < 4.78 is 5.52. The molecule has 28 heavy (non-hydrogen) atoms. The van der Waals surface area contributed by atoms with Crippen molar-refractivity contribution >= 4 is 23.2 Å². The Balaban J connectivity index is 1.37. The molecule has 1 aliphatic carbocycles. The van der Waals surface area contributed by atoms with Crippen molar-refractivity contribution in [3.05, 3.63) is 45.0 Å². The number of amides is 2. The van der Waals surface area contributed by atoms with Crippen molar-refractivity contribution in [2.45, 2.75) is 58.4 Å². The van der Waals surface area contributed by atoms with Crippen molar-refractivity contribution in [3.8, 4) is 0 Å². The average molecular weight is 401 g/mol. The first kappa shape index (κ1) is 19.2. The maximum Gasteiger partial charge on any atom is 0.263 e. The largest absolute Gasteiger partial charge is 0.465 e. The fourth-order valence-electron chi connectivity index (χ4n) is 4.18. The van der Waals surface area contributed by atoms with Crippen LogP contribution < -0.4 is 5.32 Å². The van der Waals surface area contributed by atoms with Crippen molar-refractivity contribution in [3.63, 3.8) is 0 Å². The molecule has 0 saturated carbocycles. The van der Waals surface area contributed by atoms with E-state index in [1.807, 2.05) is 30.0 Å². The first-order chi connectivity index (χ1) is 13.6. The Bertz CT molecular complexity index is 846. The van der Waals surface area contributed by atoms with Crippen molar-refractivity contribution in [1.29, 1.82) is 0 Å². The van der Waals surface area contributed by atoms with Crippen LogP contribution in [0.4, 0.5) is 0 Å². The van der Waals surface area contributed by atoms with Crippen LogP contribution in [-0.2, 0) is 24.2 Å². The van der Waals surface area contributed by atoms with Gasteiger partial charge in [-0.1, -0.05) is 12.8 Å². The fraction of sp³-hybridized carbons (Fsp3) is 0.545. The van der Waals surface area contributed by atoms with Crippen LogP contribution in [0.25, 0.3) is 0 Å². The van der Waals surface area contributed by atoms with Crippen molar-refractivity contribution in [2.75, 3.05) is 13.1 Å². The SMILES string of the molecule is Cc1ccc(CNC(=O)[C@H]2CCc3sc(C(=O)N4CCCCCC4)cc3C2)o1. The smallest absolute Gasteiger partial charge is 0.263 e. The summed E-state index contributed by atoms with van der Waals surface area (Å²) in [6, 6.07) is 5.85. The number of hydrogen-bond donors (Lipinski definition) is 1. The molecule has 1 atom stereocenters. The Morgan fingerprint density at radius 1 is 1.21 bits per heavy atom. The zero-order valence-electron chi connectivity index (χ0n) is 16.5. The van der Waals surface area contributed by atoms with E-state index in [0.717, 1.165) is 61.6 Å². The van der Waals surface area contributed by atoms with Crippen molar-refractivity contribution in [2.24, 2.45) is 5.92 Å². The van der Waals surface area contributed by atoms with E-state index in [-0.39, 0.29) is 17.7 Å². The van der Waals surface area contributed by atoms with Gasteiger partial charge in [-0.25, -0.2) is 0 Å². The molecular weight excluding hydrogens is 372 g/mol. The van der Waals surface area contributed by atoms with Gasteiger partial charge in [-0.15, -0.1) is 11.3 Å². The molecule has 0 radical (unpaired) electrons. The second kappa shape index (κ2) is 8.52. The van der Waals surface area contributed by atoms with Crippen LogP contribution in [0.3, 0.4) is 0 Å². The van der Waals surface area contributed by atoms with Crippen LogP contribution in [0.15, 0.2) is 22.6 Å². The standard InChI is InChI=1S/C22H28N2O3S/c1-15-6-8-18(27-15)14-23-21(25)16-7-9-19-17(12-16)13-20(28-19)22(26)24-10-4-2-3-5-11-24/h6,8,13,16H,2-5,7,9-12,14H2,1H3,(H,23,25)/t16-/m0/s1. The number of nitrogens with one attached hydrogen (secondary N) is 1. The number of nitrogens with zero attached hydrogens (tertiary/aromatic N) is 1. The lowest BCUT2D eigenvalue weighted by atomic mass is 9.87. The number of rotatable bonds is 4. The molecule has 2 aliphatic rings. The summed E-state index contributed by atoms with van der Waals surface area (Å²) in [6.45, 7) is 4.07. The fourth-order valence-corrected chi connectivity index (χ4v) is 5.36. The normalized spacial score (nSPS) is 19.8. The molecule has 3 heterocycles. The minimum Gasteiger partial charge on any atom is -0.465 e. The summed E-state index contributed by atoms with van der Waals surface area (Å²) in [5.41, 5.74) is 1.18. The van der Waals surface area contributed by atoms with Crippen molar-refractivity contribution in [1.82, 2.24) is 10.2 Å². The van der Waals surface area contributed by atoms with Crippen molar-refractivity contribution < 1.29 is 14.0 Å². The number of furan rings is 1. The molecule has 1 saturated heterocycles. The quantitative estimate of drug-likeness (QED) is 0.841. The predicted octanol–water partition coefficient (Wildman–Crippen LogP) is 4.09. The lowest BCUT2D eigenvalue weighted by Crippen LogP contribution is -2.33. The third kappa shape index (κ3) is 4.32. The van der Waals surface area contributed by atoms with Crippen LogP contribution in [0, 0.1) is 12.8 Å². The van der Waals surface area contributed by atoms with Gasteiger partial charge in [0.2, 0.25) is 5.91 Å². The maximum atomic E-state index is 12.9. The minimum absolute atomic E-state index is 0.0284. The Morgan fingerprint density at radius 2 is 2.00 bits per heavy atom. The topological polar surface area (TPSA) is 62.6 Å². The highest BCUT2D eigenvalue weighted by molar-refractivity contribution is 7.14. The van der Waals surface area contributed by atoms with Gasteiger partial charge in [-0.05, 0) is 62.8 Å². The Hall–Kier alpha value is -2.08. The van der Waals surface area contributed by atoms with E-state index in [2.05, 4.69) is 5.32 Å². The molecule has 1 aliphatic heterocycles. The van der Waals surface area contributed by atoms with Crippen LogP contribution >= 0.6 is 11.3 Å². The number of thiophene rings is 1. The van der Waals surface area contributed by atoms with Gasteiger partial charge in [0.25, 0.3) is 5.91 Å². The summed E-state index contributed by atoms with van der Waals surface area (Å²) in [4.78, 5) is 29.6. The van der Waals surface area contributed by atoms with Gasteiger partial charge >= 0.3 is 0 Å². The highest BCUT2D eigenvalue weighted by Gasteiger charge is 2.28. The first-order valence-corrected chi connectivity index (χ1v) is 11.2. The van der Waals surface area contributed by atoms with E-state index in [4.69, 9.17) is 4.42 Å². The number of aryl methyl sites for hydroxylation is 2. The molecule has 6 heteroatoms. The summed E-state index contributed by atoms with van der Waals surface area (Å²) in [7, 11) is 0. The second-order valence-corrected chi connectivity index (χ2v) is 9.07. The molecule has 2 amide bonds. The number of carbonyl (C=O) groups is 2. The molecule has 150 valence electrons. The first-order valence-electron chi connectivity index (χ1n) is 10.3. The van der Waals surface area contributed by atoms with Gasteiger partial charge in [0.1, 0.15) is 11.5 Å². The zero-order chi connectivity index (χ0) is 19.5. The zero-order valence-corrected chi connectivity index (χ0v) is 17.3. The molecule has 1 N–H and O–H groups in total. The molecule has 0 bridgehead atoms. The van der Waals surface area contributed by atoms with Gasteiger partial charge in [0, 0.05) is 23.9 Å². The molecule has 2 aromatic heterocycles. The Kier molecular flexibility index (Phi) is 5.85. The monoisotopic (exact) mass is 400 g/mol. The van der Waals surface area contributed by atoms with E-state index in [1.54, 1.807) is 11.3 Å². The third-order valence-electron chi connectivity index (χ3n) is 5.79. The highest BCUT2D eigenvalue weighted by Crippen LogP contribution is 2.33. The lowest BCUT2D eigenvalue weighted by Gasteiger charge is -2.21. The van der Waals surface area contributed by atoms with E-state index < -0.39 is 0 Å². The summed E-state index contributed by atoms with van der Waals surface area (Å²) in [5.74, 6) is 1.86. The van der Waals surface area contributed by atoms with Crippen LogP contribution in [-0.4, -0.2) is 29.8 Å². The number of fused-ring (bicyclic) bond motifs is 1. The van der Waals surface area contributed by atoms with Crippen LogP contribution in [0.2, 0.25) is 0 Å².